The minimum absolute atomic E-state index is 0.109. The molecule has 0 unspecified atom stereocenters. The smallest absolute Gasteiger partial charge is 0.305 e. The van der Waals surface area contributed by atoms with Crippen molar-refractivity contribution < 1.29 is 19.0 Å². The average Bonchev–Trinajstić information content (AvgIpc) is 2.37. The van der Waals surface area contributed by atoms with Gasteiger partial charge in [-0.1, -0.05) is 11.6 Å². The molecule has 1 aromatic carbocycles. The second kappa shape index (κ2) is 5.67. The Kier molecular flexibility index (Phi) is 3.94. The standard InChI is InChI=1S/C11H5ClFN3O5/c12-10-3-6(15(17)18)4-11(14-10)21-7-1-2-9(16(19)20)8(13)5-7/h1-5H. The molecule has 0 radical (unpaired) electrons. The highest BCUT2D eigenvalue weighted by atomic mass is 35.5. The maximum Gasteiger partial charge on any atom is 0.305 e. The molecule has 21 heavy (non-hydrogen) atoms. The van der Waals surface area contributed by atoms with Crippen LogP contribution in [0.5, 0.6) is 11.6 Å². The maximum atomic E-state index is 13.4. The summed E-state index contributed by atoms with van der Waals surface area (Å²) in [5.74, 6) is -1.45. The largest absolute Gasteiger partial charge is 0.439 e. The van der Waals surface area contributed by atoms with Gasteiger partial charge in [-0.05, 0) is 6.07 Å². The molecule has 0 atom stereocenters. The van der Waals surface area contributed by atoms with Gasteiger partial charge in [0.05, 0.1) is 22.0 Å². The van der Waals surface area contributed by atoms with Crippen molar-refractivity contribution in [3.8, 4) is 11.6 Å². The fourth-order valence-corrected chi connectivity index (χ4v) is 1.63. The van der Waals surface area contributed by atoms with E-state index in [0.717, 1.165) is 30.3 Å². The molecule has 0 amide bonds. The lowest BCUT2D eigenvalue weighted by molar-refractivity contribution is -0.387. The lowest BCUT2D eigenvalue weighted by atomic mass is 10.3. The number of nitro benzene ring substituents is 1. The summed E-state index contributed by atoms with van der Waals surface area (Å²) >= 11 is 5.60. The van der Waals surface area contributed by atoms with Gasteiger partial charge in [0.2, 0.25) is 11.7 Å². The minimum atomic E-state index is -1.10. The second-order valence-corrected chi connectivity index (χ2v) is 4.10. The summed E-state index contributed by atoms with van der Waals surface area (Å²) in [6.45, 7) is 0. The van der Waals surface area contributed by atoms with Crippen LogP contribution in [0.3, 0.4) is 0 Å². The van der Waals surface area contributed by atoms with Crippen LogP contribution in [0.4, 0.5) is 15.8 Å². The normalized spacial score (nSPS) is 10.2. The van der Waals surface area contributed by atoms with Crippen molar-refractivity contribution >= 4 is 23.0 Å². The molecule has 8 nitrogen and oxygen atoms in total. The third kappa shape index (κ3) is 3.39. The van der Waals surface area contributed by atoms with E-state index in [-0.39, 0.29) is 22.5 Å². The molecule has 108 valence electrons. The Morgan fingerprint density at radius 3 is 2.43 bits per heavy atom. The Bertz CT molecular complexity index is 740. The Balaban J connectivity index is 2.32. The van der Waals surface area contributed by atoms with Gasteiger partial charge in [-0.2, -0.15) is 4.39 Å². The molecule has 2 rings (SSSR count). The highest BCUT2D eigenvalue weighted by Crippen LogP contribution is 2.28. The van der Waals surface area contributed by atoms with Crippen molar-refractivity contribution in [2.24, 2.45) is 0 Å². The molecule has 0 fully saturated rings. The predicted octanol–water partition coefficient (Wildman–Crippen LogP) is 3.48. The summed E-state index contributed by atoms with van der Waals surface area (Å²) < 4.78 is 18.5. The van der Waals surface area contributed by atoms with E-state index < -0.39 is 21.4 Å². The maximum absolute atomic E-state index is 13.4. The van der Waals surface area contributed by atoms with Crippen LogP contribution in [0, 0.1) is 26.0 Å². The van der Waals surface area contributed by atoms with E-state index in [0.29, 0.717) is 0 Å². The van der Waals surface area contributed by atoms with Crippen molar-refractivity contribution in [1.82, 2.24) is 4.98 Å². The Morgan fingerprint density at radius 1 is 1.14 bits per heavy atom. The van der Waals surface area contributed by atoms with Crippen LogP contribution < -0.4 is 4.74 Å². The first kappa shape index (κ1) is 14.6. The number of ether oxygens (including phenoxy) is 1. The number of rotatable bonds is 4. The molecule has 0 N–H and O–H groups in total. The molecule has 0 aliphatic carbocycles. The molecule has 1 heterocycles. The van der Waals surface area contributed by atoms with Crippen LogP contribution in [0.25, 0.3) is 0 Å². The lowest BCUT2D eigenvalue weighted by Crippen LogP contribution is -1.95. The van der Waals surface area contributed by atoms with Gasteiger partial charge < -0.3 is 4.74 Å². The monoisotopic (exact) mass is 313 g/mol. The number of benzene rings is 1. The van der Waals surface area contributed by atoms with Crippen molar-refractivity contribution in [2.45, 2.75) is 0 Å². The lowest BCUT2D eigenvalue weighted by Gasteiger charge is -2.05. The van der Waals surface area contributed by atoms with Crippen LogP contribution >= 0.6 is 11.6 Å². The SMILES string of the molecule is O=[N+]([O-])c1cc(Cl)nc(Oc2ccc([N+](=O)[O-])c(F)c2)c1. The summed E-state index contributed by atoms with van der Waals surface area (Å²) in [6.07, 6.45) is 0. The van der Waals surface area contributed by atoms with Crippen molar-refractivity contribution in [3.05, 3.63) is 61.5 Å². The van der Waals surface area contributed by atoms with Crippen LogP contribution in [-0.4, -0.2) is 14.8 Å². The Labute approximate surface area is 121 Å². The minimum Gasteiger partial charge on any atom is -0.439 e. The first-order valence-electron chi connectivity index (χ1n) is 5.30. The predicted molar refractivity (Wildman–Crippen MR) is 69.0 cm³/mol. The van der Waals surface area contributed by atoms with E-state index in [2.05, 4.69) is 4.98 Å². The summed E-state index contributed by atoms with van der Waals surface area (Å²) in [5.41, 5.74) is -1.07. The number of aromatic nitrogens is 1. The zero-order valence-corrected chi connectivity index (χ0v) is 10.8. The molecule has 0 saturated heterocycles. The van der Waals surface area contributed by atoms with Crippen LogP contribution in [0.1, 0.15) is 0 Å². The van der Waals surface area contributed by atoms with Gasteiger partial charge in [0.25, 0.3) is 5.69 Å². The fourth-order valence-electron chi connectivity index (χ4n) is 1.44. The second-order valence-electron chi connectivity index (χ2n) is 3.72. The average molecular weight is 314 g/mol. The number of nitro groups is 2. The van der Waals surface area contributed by atoms with E-state index in [1.54, 1.807) is 0 Å². The highest BCUT2D eigenvalue weighted by molar-refractivity contribution is 6.29. The number of pyridine rings is 1. The van der Waals surface area contributed by atoms with E-state index in [4.69, 9.17) is 16.3 Å². The molecular weight excluding hydrogens is 309 g/mol. The van der Waals surface area contributed by atoms with Gasteiger partial charge in [0.1, 0.15) is 10.9 Å². The van der Waals surface area contributed by atoms with Gasteiger partial charge in [0, 0.05) is 12.1 Å². The zero-order chi connectivity index (χ0) is 15.6. The number of nitrogens with zero attached hydrogens (tertiary/aromatic N) is 3. The van der Waals surface area contributed by atoms with Gasteiger partial charge >= 0.3 is 5.69 Å². The Morgan fingerprint density at radius 2 is 1.86 bits per heavy atom. The Hall–Kier alpha value is -2.81. The fraction of sp³-hybridized carbons (Fsp3) is 0. The van der Waals surface area contributed by atoms with E-state index in [9.17, 15) is 24.6 Å². The van der Waals surface area contributed by atoms with Gasteiger partial charge in [-0.15, -0.1) is 0 Å². The molecular formula is C11H5ClFN3O5. The molecule has 0 spiro atoms. The summed E-state index contributed by atoms with van der Waals surface area (Å²) in [7, 11) is 0. The third-order valence-electron chi connectivity index (χ3n) is 2.30. The van der Waals surface area contributed by atoms with Crippen LogP contribution in [0.15, 0.2) is 30.3 Å². The van der Waals surface area contributed by atoms with Gasteiger partial charge in [-0.25, -0.2) is 4.98 Å². The molecule has 1 aromatic heterocycles. The molecule has 10 heteroatoms. The van der Waals surface area contributed by atoms with E-state index >= 15 is 0 Å². The van der Waals surface area contributed by atoms with Gasteiger partial charge in [0.15, 0.2) is 0 Å². The van der Waals surface area contributed by atoms with E-state index in [1.165, 1.54) is 0 Å². The summed E-state index contributed by atoms with van der Waals surface area (Å²) in [6, 6.07) is 4.82. The van der Waals surface area contributed by atoms with Crippen LogP contribution in [0.2, 0.25) is 5.15 Å². The first-order chi connectivity index (χ1) is 9.86. The number of hydrogen-bond acceptors (Lipinski definition) is 6. The van der Waals surface area contributed by atoms with Crippen molar-refractivity contribution in [3.63, 3.8) is 0 Å². The first-order valence-corrected chi connectivity index (χ1v) is 5.68. The van der Waals surface area contributed by atoms with Gasteiger partial charge in [-0.3, -0.25) is 20.2 Å². The number of hydrogen-bond donors (Lipinski definition) is 0. The molecule has 2 aromatic rings. The van der Waals surface area contributed by atoms with Crippen LogP contribution in [-0.2, 0) is 0 Å². The topological polar surface area (TPSA) is 108 Å². The highest BCUT2D eigenvalue weighted by Gasteiger charge is 2.16. The molecule has 0 aliphatic heterocycles. The molecule has 0 saturated carbocycles. The summed E-state index contributed by atoms with van der Waals surface area (Å²) in [4.78, 5) is 23.2. The van der Waals surface area contributed by atoms with Crippen molar-refractivity contribution in [2.75, 3.05) is 0 Å². The molecule has 0 bridgehead atoms. The quantitative estimate of drug-likeness (QED) is 0.485. The zero-order valence-electron chi connectivity index (χ0n) is 10.0. The third-order valence-corrected chi connectivity index (χ3v) is 2.50. The molecule has 0 aliphatic rings. The van der Waals surface area contributed by atoms with E-state index in [1.807, 2.05) is 0 Å². The number of halogens is 2. The summed E-state index contributed by atoms with van der Waals surface area (Å²) in [5, 5.41) is 21.0. The van der Waals surface area contributed by atoms with Crippen molar-refractivity contribution in [1.29, 1.82) is 0 Å².